The molecule has 0 aliphatic rings. The van der Waals surface area contributed by atoms with Crippen molar-refractivity contribution in [2.75, 3.05) is 14.2 Å². The molecule has 2 aromatic rings. The molecule has 0 amide bonds. The fraction of sp³-hybridized carbons (Fsp3) is 0.250. The normalized spacial score (nSPS) is 12.0. The van der Waals surface area contributed by atoms with E-state index in [9.17, 15) is 0 Å². The summed E-state index contributed by atoms with van der Waals surface area (Å²) in [5, 5.41) is 0.665. The minimum atomic E-state index is -0.242. The molecule has 2 rings (SSSR count). The van der Waals surface area contributed by atoms with E-state index in [1.807, 2.05) is 43.3 Å². The quantitative estimate of drug-likeness (QED) is 0.658. The number of hydrogen-bond acceptors (Lipinski definition) is 4. The van der Waals surface area contributed by atoms with Gasteiger partial charge in [-0.05, 0) is 48.4 Å². The Kier molecular flexibility index (Phi) is 5.07. The van der Waals surface area contributed by atoms with Crippen molar-refractivity contribution in [2.45, 2.75) is 13.0 Å². The summed E-state index contributed by atoms with van der Waals surface area (Å²) >= 11 is 6.11. The molecule has 0 saturated carbocycles. The van der Waals surface area contributed by atoms with Crippen molar-refractivity contribution in [3.63, 3.8) is 0 Å². The molecule has 1 unspecified atom stereocenters. The maximum Gasteiger partial charge on any atom is 0.124 e. The molecule has 5 heteroatoms. The molecule has 112 valence electrons. The predicted molar refractivity (Wildman–Crippen MR) is 84.9 cm³/mol. The summed E-state index contributed by atoms with van der Waals surface area (Å²) < 4.78 is 10.7. The molecule has 0 fully saturated rings. The van der Waals surface area contributed by atoms with Gasteiger partial charge in [0.05, 0.1) is 20.3 Å². The second-order valence-corrected chi connectivity index (χ2v) is 5.14. The van der Waals surface area contributed by atoms with E-state index in [1.54, 1.807) is 14.2 Å². The Morgan fingerprint density at radius 2 is 1.81 bits per heavy atom. The van der Waals surface area contributed by atoms with Crippen LogP contribution in [0.1, 0.15) is 22.7 Å². The van der Waals surface area contributed by atoms with Gasteiger partial charge in [0.2, 0.25) is 0 Å². The highest BCUT2D eigenvalue weighted by atomic mass is 35.5. The molecule has 0 spiro atoms. The summed E-state index contributed by atoms with van der Waals surface area (Å²) in [5.41, 5.74) is 5.81. The van der Waals surface area contributed by atoms with Gasteiger partial charge in [-0.1, -0.05) is 17.7 Å². The Labute approximate surface area is 129 Å². The van der Waals surface area contributed by atoms with E-state index >= 15 is 0 Å². The Hall–Kier alpha value is -1.75. The third kappa shape index (κ3) is 3.29. The molecule has 0 bridgehead atoms. The maximum absolute atomic E-state index is 6.11. The van der Waals surface area contributed by atoms with Crippen LogP contribution < -0.4 is 20.7 Å². The molecule has 4 nitrogen and oxygen atoms in total. The van der Waals surface area contributed by atoms with Crippen molar-refractivity contribution in [1.82, 2.24) is 5.43 Å². The van der Waals surface area contributed by atoms with E-state index in [-0.39, 0.29) is 6.04 Å². The molecule has 2 aromatic carbocycles. The Morgan fingerprint density at radius 1 is 1.05 bits per heavy atom. The first kappa shape index (κ1) is 15.6. The van der Waals surface area contributed by atoms with Crippen LogP contribution in [0.25, 0.3) is 0 Å². The zero-order valence-electron chi connectivity index (χ0n) is 12.3. The number of hydrazine groups is 1. The minimum absolute atomic E-state index is 0.242. The number of halogens is 1. The lowest BCUT2D eigenvalue weighted by atomic mass is 9.94. The highest BCUT2D eigenvalue weighted by molar-refractivity contribution is 6.30. The lowest BCUT2D eigenvalue weighted by Gasteiger charge is -2.22. The largest absolute Gasteiger partial charge is 0.497 e. The van der Waals surface area contributed by atoms with Crippen LogP contribution >= 0.6 is 11.6 Å². The minimum Gasteiger partial charge on any atom is -0.497 e. The van der Waals surface area contributed by atoms with E-state index in [1.165, 1.54) is 0 Å². The lowest BCUT2D eigenvalue weighted by Crippen LogP contribution is -2.29. The number of aryl methyl sites for hydroxylation is 1. The third-order valence-corrected chi connectivity index (χ3v) is 3.70. The highest BCUT2D eigenvalue weighted by Gasteiger charge is 2.20. The van der Waals surface area contributed by atoms with Gasteiger partial charge in [-0.15, -0.1) is 0 Å². The summed E-state index contributed by atoms with van der Waals surface area (Å²) in [6, 6.07) is 11.1. The van der Waals surface area contributed by atoms with Crippen molar-refractivity contribution >= 4 is 11.6 Å². The zero-order chi connectivity index (χ0) is 15.4. The van der Waals surface area contributed by atoms with E-state index in [0.29, 0.717) is 5.02 Å². The van der Waals surface area contributed by atoms with Crippen LogP contribution in [0.15, 0.2) is 36.4 Å². The van der Waals surface area contributed by atoms with Crippen molar-refractivity contribution < 1.29 is 9.47 Å². The van der Waals surface area contributed by atoms with Gasteiger partial charge in [0.15, 0.2) is 0 Å². The summed E-state index contributed by atoms with van der Waals surface area (Å²) in [5.74, 6) is 7.26. The van der Waals surface area contributed by atoms with Crippen molar-refractivity contribution in [1.29, 1.82) is 0 Å². The van der Waals surface area contributed by atoms with Gasteiger partial charge in [0.1, 0.15) is 11.5 Å². The highest BCUT2D eigenvalue weighted by Crippen LogP contribution is 2.34. The van der Waals surface area contributed by atoms with E-state index in [2.05, 4.69) is 5.43 Å². The number of nitrogens with two attached hydrogens (primary N) is 1. The second-order valence-electron chi connectivity index (χ2n) is 4.71. The van der Waals surface area contributed by atoms with Gasteiger partial charge in [-0.25, -0.2) is 5.43 Å². The van der Waals surface area contributed by atoms with Crippen LogP contribution in [-0.2, 0) is 0 Å². The standard InChI is InChI=1S/C16H19ClN2O2/c1-10-4-5-11(17)8-13(10)16(19-18)14-9-12(20-2)6-7-15(14)21-3/h4-9,16,19H,18H2,1-3H3. The molecule has 21 heavy (non-hydrogen) atoms. The van der Waals surface area contributed by atoms with E-state index < -0.39 is 0 Å². The molecule has 0 radical (unpaired) electrons. The first-order valence-corrected chi connectivity index (χ1v) is 6.92. The van der Waals surface area contributed by atoms with Crippen LogP contribution in [0.5, 0.6) is 11.5 Å². The van der Waals surface area contributed by atoms with E-state index in [4.69, 9.17) is 26.9 Å². The molecule has 3 N–H and O–H groups in total. The first-order valence-electron chi connectivity index (χ1n) is 6.54. The smallest absolute Gasteiger partial charge is 0.124 e. The molecule has 0 aromatic heterocycles. The topological polar surface area (TPSA) is 56.5 Å². The molecule has 0 heterocycles. The second kappa shape index (κ2) is 6.80. The third-order valence-electron chi connectivity index (χ3n) is 3.47. The van der Waals surface area contributed by atoms with Gasteiger partial charge in [0, 0.05) is 10.6 Å². The number of hydrogen-bond donors (Lipinski definition) is 2. The average molecular weight is 307 g/mol. The fourth-order valence-corrected chi connectivity index (χ4v) is 2.51. The number of benzene rings is 2. The molecular weight excluding hydrogens is 288 g/mol. The van der Waals surface area contributed by atoms with Gasteiger partial charge < -0.3 is 9.47 Å². The van der Waals surface area contributed by atoms with Crippen LogP contribution in [0, 0.1) is 6.92 Å². The van der Waals surface area contributed by atoms with Crippen molar-refractivity contribution in [3.05, 3.63) is 58.1 Å². The molecule has 1 atom stereocenters. The Balaban J connectivity index is 2.57. The number of nitrogens with one attached hydrogen (secondary N) is 1. The summed E-state index contributed by atoms with van der Waals surface area (Å²) in [6.07, 6.45) is 0. The average Bonchev–Trinajstić information content (AvgIpc) is 2.51. The maximum atomic E-state index is 6.11. The van der Waals surface area contributed by atoms with E-state index in [0.717, 1.165) is 28.2 Å². The van der Waals surface area contributed by atoms with Gasteiger partial charge in [-0.2, -0.15) is 0 Å². The number of ether oxygens (including phenoxy) is 2. The van der Waals surface area contributed by atoms with Gasteiger partial charge in [-0.3, -0.25) is 5.84 Å². The fourth-order valence-electron chi connectivity index (χ4n) is 2.33. The van der Waals surface area contributed by atoms with Crippen LogP contribution in [0.4, 0.5) is 0 Å². The molecule has 0 aliphatic heterocycles. The van der Waals surface area contributed by atoms with Crippen LogP contribution in [0.3, 0.4) is 0 Å². The van der Waals surface area contributed by atoms with Crippen molar-refractivity contribution in [2.24, 2.45) is 5.84 Å². The predicted octanol–water partition coefficient (Wildman–Crippen LogP) is 3.22. The first-order chi connectivity index (χ1) is 10.1. The van der Waals surface area contributed by atoms with Gasteiger partial charge >= 0.3 is 0 Å². The monoisotopic (exact) mass is 306 g/mol. The molecule has 0 aliphatic carbocycles. The number of methoxy groups -OCH3 is 2. The Bertz CT molecular complexity index is 632. The Morgan fingerprint density at radius 3 is 2.43 bits per heavy atom. The molecular formula is C16H19ClN2O2. The summed E-state index contributed by atoms with van der Waals surface area (Å²) in [4.78, 5) is 0. The summed E-state index contributed by atoms with van der Waals surface area (Å²) in [7, 11) is 3.25. The van der Waals surface area contributed by atoms with Crippen molar-refractivity contribution in [3.8, 4) is 11.5 Å². The van der Waals surface area contributed by atoms with Gasteiger partial charge in [0.25, 0.3) is 0 Å². The molecule has 0 saturated heterocycles. The summed E-state index contributed by atoms with van der Waals surface area (Å²) in [6.45, 7) is 2.02. The zero-order valence-corrected chi connectivity index (χ0v) is 13.1. The number of rotatable bonds is 5. The van der Waals surface area contributed by atoms with Crippen LogP contribution in [0.2, 0.25) is 5.02 Å². The lowest BCUT2D eigenvalue weighted by molar-refractivity contribution is 0.394. The van der Waals surface area contributed by atoms with Crippen LogP contribution in [-0.4, -0.2) is 14.2 Å². The SMILES string of the molecule is COc1ccc(OC)c(C(NN)c2cc(Cl)ccc2C)c1.